The molecule has 2 aromatic carbocycles. The first-order valence-electron chi connectivity index (χ1n) is 6.60. The summed E-state index contributed by atoms with van der Waals surface area (Å²) >= 11 is 3.19. The molecule has 5 nitrogen and oxygen atoms in total. The number of hydrogen-bond acceptors (Lipinski definition) is 5. The largest absolute Gasteiger partial charge is 0.423 e. The molecule has 3 rings (SSSR count). The normalized spacial score (nSPS) is 11.6. The van der Waals surface area contributed by atoms with Crippen LogP contribution in [0.1, 0.15) is 5.56 Å². The third-order valence-electron chi connectivity index (χ3n) is 3.23. The fourth-order valence-corrected chi connectivity index (χ4v) is 4.05. The fourth-order valence-electron chi connectivity index (χ4n) is 2.18. The molecule has 3 aromatic rings. The summed E-state index contributed by atoms with van der Waals surface area (Å²) in [6.07, 6.45) is 0. The van der Waals surface area contributed by atoms with E-state index in [2.05, 4.69) is 15.9 Å². The van der Waals surface area contributed by atoms with E-state index >= 15 is 0 Å². The Bertz CT molecular complexity index is 1050. The van der Waals surface area contributed by atoms with Gasteiger partial charge in [-0.3, -0.25) is 0 Å². The smallest absolute Gasteiger partial charge is 0.340 e. The molecular weight excluding hydrogens is 384 g/mol. The maximum Gasteiger partial charge on any atom is 0.340 e. The van der Waals surface area contributed by atoms with Crippen molar-refractivity contribution in [2.45, 2.75) is 11.8 Å². The maximum absolute atomic E-state index is 12.3. The van der Waals surface area contributed by atoms with Crippen LogP contribution >= 0.6 is 15.9 Å². The van der Waals surface area contributed by atoms with Crippen molar-refractivity contribution in [3.05, 3.63) is 69.0 Å². The quantitative estimate of drug-likeness (QED) is 0.500. The van der Waals surface area contributed by atoms with Crippen molar-refractivity contribution < 1.29 is 17.0 Å². The molecule has 0 N–H and O–H groups in total. The Morgan fingerprint density at radius 3 is 2.57 bits per heavy atom. The number of rotatable bonds is 3. The van der Waals surface area contributed by atoms with Gasteiger partial charge in [0.05, 0.1) is 0 Å². The van der Waals surface area contributed by atoms with Crippen molar-refractivity contribution in [3.8, 4) is 5.75 Å². The monoisotopic (exact) mass is 394 g/mol. The van der Waals surface area contributed by atoms with Crippen molar-refractivity contribution in [1.29, 1.82) is 0 Å². The molecule has 0 bridgehead atoms. The SMILES string of the molecule is Cc1cc(=O)oc2cc(OS(=O)(=O)c3ccccc3Br)ccc12. The molecule has 7 heteroatoms. The van der Waals surface area contributed by atoms with Gasteiger partial charge in [0, 0.05) is 22.0 Å². The van der Waals surface area contributed by atoms with Crippen molar-refractivity contribution in [1.82, 2.24) is 0 Å². The zero-order valence-electron chi connectivity index (χ0n) is 11.9. The lowest BCUT2D eigenvalue weighted by molar-refractivity contribution is 0.484. The van der Waals surface area contributed by atoms with Crippen LogP contribution in [0.2, 0.25) is 0 Å². The minimum Gasteiger partial charge on any atom is -0.423 e. The number of hydrogen-bond donors (Lipinski definition) is 0. The molecule has 118 valence electrons. The first-order valence-corrected chi connectivity index (χ1v) is 8.80. The Morgan fingerprint density at radius 2 is 1.83 bits per heavy atom. The van der Waals surface area contributed by atoms with Crippen LogP contribution in [-0.4, -0.2) is 8.42 Å². The Kier molecular flexibility index (Phi) is 3.99. The molecule has 0 radical (unpaired) electrons. The fraction of sp³-hybridized carbons (Fsp3) is 0.0625. The summed E-state index contributed by atoms with van der Waals surface area (Å²) in [5.74, 6) is 0.0713. The van der Waals surface area contributed by atoms with Gasteiger partial charge in [-0.15, -0.1) is 0 Å². The average Bonchev–Trinajstić information content (AvgIpc) is 2.46. The molecule has 0 aliphatic heterocycles. The Labute approximate surface area is 140 Å². The minimum absolute atomic E-state index is 0.0193. The van der Waals surface area contributed by atoms with Gasteiger partial charge in [-0.1, -0.05) is 12.1 Å². The molecule has 23 heavy (non-hydrogen) atoms. The first-order chi connectivity index (χ1) is 10.9. The number of benzene rings is 2. The third kappa shape index (κ3) is 3.16. The molecule has 0 fully saturated rings. The topological polar surface area (TPSA) is 73.6 Å². The van der Waals surface area contributed by atoms with Crippen LogP contribution in [-0.2, 0) is 10.1 Å². The average molecular weight is 395 g/mol. The Hall–Kier alpha value is -2.12. The molecule has 0 saturated carbocycles. The van der Waals surface area contributed by atoms with E-state index in [0.29, 0.717) is 4.47 Å². The highest BCUT2D eigenvalue weighted by Crippen LogP contribution is 2.27. The summed E-state index contributed by atoms with van der Waals surface area (Å²) in [6, 6.07) is 12.3. The van der Waals surface area contributed by atoms with Crippen molar-refractivity contribution in [3.63, 3.8) is 0 Å². The summed E-state index contributed by atoms with van der Waals surface area (Å²) in [4.78, 5) is 11.5. The Morgan fingerprint density at radius 1 is 1.09 bits per heavy atom. The second kappa shape index (κ2) is 5.82. The lowest BCUT2D eigenvalue weighted by Crippen LogP contribution is -2.10. The molecule has 0 spiro atoms. The van der Waals surface area contributed by atoms with Crippen molar-refractivity contribution in [2.75, 3.05) is 0 Å². The second-order valence-electron chi connectivity index (χ2n) is 4.87. The number of fused-ring (bicyclic) bond motifs is 1. The van der Waals surface area contributed by atoms with Crippen LogP contribution in [0, 0.1) is 6.92 Å². The van der Waals surface area contributed by atoms with Gasteiger partial charge < -0.3 is 8.60 Å². The van der Waals surface area contributed by atoms with E-state index in [4.69, 9.17) is 8.60 Å². The number of halogens is 1. The molecule has 1 heterocycles. The molecule has 0 aliphatic carbocycles. The molecule has 0 unspecified atom stereocenters. The Balaban J connectivity index is 2.05. The summed E-state index contributed by atoms with van der Waals surface area (Å²) < 4.78 is 35.3. The summed E-state index contributed by atoms with van der Waals surface area (Å²) in [7, 11) is -4.00. The van der Waals surface area contributed by atoms with Gasteiger partial charge in [0.2, 0.25) is 0 Å². The van der Waals surface area contributed by atoms with Gasteiger partial charge in [0.25, 0.3) is 0 Å². The van der Waals surface area contributed by atoms with Crippen LogP contribution in [0.4, 0.5) is 0 Å². The van der Waals surface area contributed by atoms with Crippen molar-refractivity contribution in [2.24, 2.45) is 0 Å². The lowest BCUT2D eigenvalue weighted by Gasteiger charge is -2.09. The van der Waals surface area contributed by atoms with Gasteiger partial charge >= 0.3 is 15.7 Å². The molecular formula is C16H11BrO5S. The van der Waals surface area contributed by atoms with Gasteiger partial charge in [0.15, 0.2) is 0 Å². The van der Waals surface area contributed by atoms with Crippen LogP contribution in [0.3, 0.4) is 0 Å². The van der Waals surface area contributed by atoms with Gasteiger partial charge in [-0.05, 0) is 52.7 Å². The van der Waals surface area contributed by atoms with E-state index in [-0.39, 0.29) is 16.2 Å². The van der Waals surface area contributed by atoms with E-state index in [1.54, 1.807) is 31.2 Å². The summed E-state index contributed by atoms with van der Waals surface area (Å²) in [5, 5.41) is 0.718. The van der Waals surface area contributed by atoms with Crippen LogP contribution in [0.15, 0.2) is 67.1 Å². The standard InChI is InChI=1S/C16H11BrO5S/c1-10-8-16(18)21-14-9-11(6-7-12(10)14)22-23(19,20)15-5-3-2-4-13(15)17/h2-9H,1H3. The zero-order valence-corrected chi connectivity index (χ0v) is 14.3. The van der Waals surface area contributed by atoms with E-state index in [1.807, 2.05) is 0 Å². The summed E-state index contributed by atoms with van der Waals surface area (Å²) in [6.45, 7) is 1.78. The zero-order chi connectivity index (χ0) is 16.6. The predicted octanol–water partition coefficient (Wildman–Crippen LogP) is 3.63. The van der Waals surface area contributed by atoms with E-state index in [1.165, 1.54) is 24.3 Å². The van der Waals surface area contributed by atoms with Gasteiger partial charge in [-0.2, -0.15) is 8.42 Å². The van der Waals surface area contributed by atoms with E-state index in [9.17, 15) is 13.2 Å². The minimum atomic E-state index is -4.00. The van der Waals surface area contributed by atoms with Crippen molar-refractivity contribution >= 4 is 37.0 Å². The molecule has 0 saturated heterocycles. The second-order valence-corrected chi connectivity index (χ2v) is 7.24. The highest BCUT2D eigenvalue weighted by atomic mass is 79.9. The molecule has 0 aliphatic rings. The van der Waals surface area contributed by atoms with E-state index < -0.39 is 15.7 Å². The third-order valence-corrected chi connectivity index (χ3v) is 5.50. The molecule has 1 aromatic heterocycles. The van der Waals surface area contributed by atoms with E-state index in [0.717, 1.165) is 10.9 Å². The highest BCUT2D eigenvalue weighted by Gasteiger charge is 2.20. The van der Waals surface area contributed by atoms with Crippen LogP contribution in [0.5, 0.6) is 5.75 Å². The predicted molar refractivity (Wildman–Crippen MR) is 89.2 cm³/mol. The molecule has 0 atom stereocenters. The number of aryl methyl sites for hydroxylation is 1. The first kappa shape index (κ1) is 15.8. The van der Waals surface area contributed by atoms with Crippen LogP contribution in [0.25, 0.3) is 11.0 Å². The van der Waals surface area contributed by atoms with Gasteiger partial charge in [-0.25, -0.2) is 4.79 Å². The molecule has 0 amide bonds. The maximum atomic E-state index is 12.3. The van der Waals surface area contributed by atoms with Crippen LogP contribution < -0.4 is 9.81 Å². The summed E-state index contributed by atoms with van der Waals surface area (Å²) in [5.41, 5.74) is 0.520. The lowest BCUT2D eigenvalue weighted by atomic mass is 10.1. The van der Waals surface area contributed by atoms with Gasteiger partial charge in [0.1, 0.15) is 16.2 Å². The highest BCUT2D eigenvalue weighted by molar-refractivity contribution is 9.10.